The maximum Gasteiger partial charge on any atom is 0.671 e. The fourth-order valence-electron chi connectivity index (χ4n) is 7.90. The van der Waals surface area contributed by atoms with Gasteiger partial charge in [-0.1, -0.05) is 0 Å². The van der Waals surface area contributed by atoms with Crippen LogP contribution in [-0.2, 0) is 114 Å². The second kappa shape index (κ2) is 27.1. The molecule has 4 unspecified atom stereocenters. The highest BCUT2D eigenvalue weighted by molar-refractivity contribution is 6.83. The fourth-order valence-corrected chi connectivity index (χ4v) is 33.2. The summed E-state index contributed by atoms with van der Waals surface area (Å²) in [5, 5.41) is 0. The van der Waals surface area contributed by atoms with Crippen LogP contribution in [0.4, 0.5) is 0 Å². The predicted octanol–water partition coefficient (Wildman–Crippen LogP) is 0.250. The number of rotatable bonds is 37. The molecule has 2 amide bonds. The molecule has 1 aliphatic carbocycles. The maximum absolute atomic E-state index is 14.4. The molecule has 2 rings (SSSR count). The molecule has 0 N–H and O–H groups in total. The molecule has 0 bridgehead atoms. The lowest BCUT2D eigenvalue weighted by Gasteiger charge is -2.42. The molecule has 4 atom stereocenters. The van der Waals surface area contributed by atoms with Gasteiger partial charge in [-0.3, -0.25) is 14.5 Å². The van der Waals surface area contributed by atoms with E-state index in [4.69, 9.17) is 104 Å². The summed E-state index contributed by atoms with van der Waals surface area (Å²) >= 11 is 0. The number of likely N-dealkylation sites (tertiary alicyclic amines) is 1. The summed E-state index contributed by atoms with van der Waals surface area (Å²) in [4.78, 5) is 30.0. The Morgan fingerprint density at radius 1 is 0.364 bits per heavy atom. The zero-order valence-electron chi connectivity index (χ0n) is 41.6. The molecule has 35 heteroatoms. The summed E-state index contributed by atoms with van der Waals surface area (Å²) in [5.41, 5.74) is 0. The van der Waals surface area contributed by atoms with Crippen LogP contribution in [-0.4, -0.2) is 223 Å². The highest BCUT2D eigenvalue weighted by atomic mass is 28.5. The number of hydrogen-bond donors (Lipinski definition) is 0. The molecule has 0 aromatic carbocycles. The highest BCUT2D eigenvalue weighted by Gasteiger charge is 2.69. The van der Waals surface area contributed by atoms with E-state index in [0.717, 1.165) is 0 Å². The van der Waals surface area contributed by atoms with Crippen molar-refractivity contribution in [2.24, 2.45) is 23.7 Å². The van der Waals surface area contributed by atoms with Crippen LogP contribution in [0.25, 0.3) is 0 Å². The van der Waals surface area contributed by atoms with E-state index in [1.54, 1.807) is 6.92 Å². The molecule has 1 saturated carbocycles. The minimum atomic E-state index is -4.57. The van der Waals surface area contributed by atoms with Crippen molar-refractivity contribution < 1.29 is 114 Å². The van der Waals surface area contributed by atoms with E-state index < -0.39 is 95.6 Å². The molecule has 66 heavy (non-hydrogen) atoms. The zero-order chi connectivity index (χ0) is 50.3. The smallest absolute Gasteiger partial charge is 0.355 e. The first-order chi connectivity index (χ1) is 31.3. The normalized spacial score (nSPS) is 20.6. The summed E-state index contributed by atoms with van der Waals surface area (Å²) in [6, 6.07) is -0.265. The Kier molecular flexibility index (Phi) is 25.5. The quantitative estimate of drug-likeness (QED) is 0.0597. The number of amides is 2. The molecule has 2 aliphatic rings. The van der Waals surface area contributed by atoms with Crippen molar-refractivity contribution in [2.75, 3.05) is 135 Å². The van der Waals surface area contributed by atoms with E-state index in [-0.39, 0.29) is 49.7 Å². The van der Waals surface area contributed by atoms with Crippen LogP contribution >= 0.6 is 0 Å². The monoisotopic (exact) mass is 1100 g/mol. The van der Waals surface area contributed by atoms with E-state index in [0.29, 0.717) is 0 Å². The topological polar surface area (TPSA) is 259 Å². The lowest BCUT2D eigenvalue weighted by atomic mass is 9.87. The second-order valence-corrected chi connectivity index (χ2v) is 35.9. The third kappa shape index (κ3) is 13.7. The third-order valence-electron chi connectivity index (χ3n) is 11.3. The number of hydrogen-bond acceptors (Lipinski definition) is 26. The highest BCUT2D eigenvalue weighted by Crippen LogP contribution is 2.52. The van der Waals surface area contributed by atoms with Crippen LogP contribution in [0.15, 0.2) is 0 Å². The molecule has 1 saturated heterocycles. The van der Waals surface area contributed by atoms with E-state index in [2.05, 4.69) is 0 Å². The van der Waals surface area contributed by atoms with Gasteiger partial charge in [0.05, 0.1) is 11.8 Å². The van der Waals surface area contributed by atoms with Crippen molar-refractivity contribution >= 4 is 83.7 Å². The molecule has 1 aliphatic heterocycles. The summed E-state index contributed by atoms with van der Waals surface area (Å²) in [5.74, 6) is -3.45. The Balaban J connectivity index is 2.93. The van der Waals surface area contributed by atoms with Crippen molar-refractivity contribution in [1.82, 2.24) is 4.90 Å². The maximum atomic E-state index is 14.4. The van der Waals surface area contributed by atoms with Crippen molar-refractivity contribution in [2.45, 2.75) is 38.3 Å². The van der Waals surface area contributed by atoms with Gasteiger partial charge in [-0.25, -0.2) is 0 Å². The molecule has 0 aromatic rings. The van der Waals surface area contributed by atoms with Gasteiger partial charge >= 0.3 is 71.9 Å². The molecule has 1 heterocycles. The van der Waals surface area contributed by atoms with Crippen LogP contribution in [0.3, 0.4) is 0 Å². The van der Waals surface area contributed by atoms with E-state index >= 15 is 0 Å². The summed E-state index contributed by atoms with van der Waals surface area (Å²) < 4.78 is 143. The van der Waals surface area contributed by atoms with Gasteiger partial charge in [0.2, 0.25) is 11.8 Å². The van der Waals surface area contributed by atoms with Gasteiger partial charge in [0.15, 0.2) is 0 Å². The molecule has 2 fully saturated rings. The molecule has 0 spiro atoms. The van der Waals surface area contributed by atoms with Gasteiger partial charge in [0.25, 0.3) is 0 Å². The average Bonchev–Trinajstić information content (AvgIpc) is 3.86. The summed E-state index contributed by atoms with van der Waals surface area (Å²) in [6.45, 7) is 1.85. The molecular formula is C31H73NO26Si8. The Hall–Kier alpha value is -0.0849. The minimum absolute atomic E-state index is 0.116. The molecule has 0 radical (unpaired) electrons. The number of carbonyl (C=O) groups is 2. The van der Waals surface area contributed by atoms with Gasteiger partial charge in [-0.05, 0) is 38.0 Å². The molecule has 390 valence electrons. The third-order valence-corrected chi connectivity index (χ3v) is 35.5. The van der Waals surface area contributed by atoms with Crippen LogP contribution < -0.4 is 0 Å². The first kappa shape index (κ1) is 62.0. The minimum Gasteiger partial charge on any atom is -0.355 e. The SMILES string of the molecule is CCN1C(=O)C2C(CC[Si](O[Si](OC)(OC)OC)(O[Si](OC)(OC)OC)O[Si](OC)(OC)OC)CC(CC[Si](O[Si](OC)(OC)OC)(O[Si](OC)(OC)OC)O[Si](OC)(OC)OC)C2C1=O. The van der Waals surface area contributed by atoms with E-state index in [1.807, 2.05) is 0 Å². The zero-order valence-corrected chi connectivity index (χ0v) is 49.6. The second-order valence-electron chi connectivity index (χ2n) is 14.0. The lowest BCUT2D eigenvalue weighted by Crippen LogP contribution is -2.69. The van der Waals surface area contributed by atoms with Gasteiger partial charge < -0.3 is 104 Å². The predicted molar refractivity (Wildman–Crippen MR) is 239 cm³/mol. The lowest BCUT2D eigenvalue weighted by molar-refractivity contribution is -0.140. The van der Waals surface area contributed by atoms with E-state index in [9.17, 15) is 9.59 Å². The molecular weight excluding hydrogens is 1030 g/mol. The Morgan fingerprint density at radius 3 is 0.697 bits per heavy atom. The van der Waals surface area contributed by atoms with Crippen LogP contribution in [0.2, 0.25) is 12.1 Å². The Bertz CT molecular complexity index is 1200. The largest absolute Gasteiger partial charge is 0.671 e. The van der Waals surface area contributed by atoms with Gasteiger partial charge in [0, 0.05) is 147 Å². The number of carbonyl (C=O) groups excluding carboxylic acids is 2. The molecule has 0 aromatic heterocycles. The van der Waals surface area contributed by atoms with Crippen molar-refractivity contribution in [3.63, 3.8) is 0 Å². The van der Waals surface area contributed by atoms with E-state index in [1.165, 1.54) is 133 Å². The summed E-state index contributed by atoms with van der Waals surface area (Å²) in [7, 11) is -10.1. The van der Waals surface area contributed by atoms with Crippen molar-refractivity contribution in [3.8, 4) is 0 Å². The number of nitrogens with zero attached hydrogens (tertiary/aromatic N) is 1. The van der Waals surface area contributed by atoms with Gasteiger partial charge in [-0.2, -0.15) is 0 Å². The fraction of sp³-hybridized carbons (Fsp3) is 0.935. The van der Waals surface area contributed by atoms with Crippen LogP contribution in [0.5, 0.6) is 0 Å². The van der Waals surface area contributed by atoms with Gasteiger partial charge in [0.1, 0.15) is 0 Å². The Labute approximate surface area is 397 Å². The Morgan fingerprint density at radius 2 is 0.545 bits per heavy atom. The molecule has 27 nitrogen and oxygen atoms in total. The average molecular weight is 1100 g/mol. The summed E-state index contributed by atoms with van der Waals surface area (Å²) in [6.07, 6.45) is 0.517. The standard InChI is InChI=1S/C31H73NO26Si8/c1-20-32-30(33)28-26(21-23-59(53-61(35-2,36-3)37-4,54-62(38-5,39-6)40-7)55-63(41-8,42-9)43-10)25-27(29(28)31(32)34)22-24-60(56-64(44-11,45-12)46-13,57-65(47-14,48-15)49-16)58-66(50-17,51-18)52-19/h26-29H,20-25H2,1-19H3. The van der Waals surface area contributed by atoms with Crippen LogP contribution in [0.1, 0.15) is 26.2 Å². The van der Waals surface area contributed by atoms with Crippen molar-refractivity contribution in [3.05, 3.63) is 0 Å². The number of imide groups is 1. The van der Waals surface area contributed by atoms with Crippen molar-refractivity contribution in [1.29, 1.82) is 0 Å². The first-order valence-electron chi connectivity index (χ1n) is 20.3. The van der Waals surface area contributed by atoms with Crippen LogP contribution in [0, 0.1) is 23.7 Å². The van der Waals surface area contributed by atoms with Gasteiger partial charge in [-0.15, -0.1) is 0 Å². The number of fused-ring (bicyclic) bond motifs is 1. The first-order valence-corrected chi connectivity index (χ1v) is 33.9.